The number of hydrazone groups is 1. The lowest BCUT2D eigenvalue weighted by atomic mass is 10.1. The van der Waals surface area contributed by atoms with E-state index in [1.54, 1.807) is 31.6 Å². The van der Waals surface area contributed by atoms with Crippen molar-refractivity contribution in [1.29, 1.82) is 0 Å². The van der Waals surface area contributed by atoms with Crippen molar-refractivity contribution in [1.82, 2.24) is 9.97 Å². The molecule has 31 heavy (non-hydrogen) atoms. The van der Waals surface area contributed by atoms with E-state index in [1.807, 2.05) is 49.4 Å². The number of benzene rings is 2. The first kappa shape index (κ1) is 23.2. The first-order valence-corrected chi connectivity index (χ1v) is 9.70. The molecular weight excluding hydrogens is 386 g/mol. The second-order valence-corrected chi connectivity index (χ2v) is 6.62. The van der Waals surface area contributed by atoms with Crippen molar-refractivity contribution in [2.24, 2.45) is 10.1 Å². The van der Waals surface area contributed by atoms with Crippen LogP contribution in [0.4, 0.5) is 5.82 Å². The number of nitrogens with zero attached hydrogens (tertiary/aromatic N) is 4. The summed E-state index contributed by atoms with van der Waals surface area (Å²) in [5.74, 6) is 0.627. The van der Waals surface area contributed by atoms with Crippen LogP contribution in [0.15, 0.2) is 89.4 Å². The van der Waals surface area contributed by atoms with Gasteiger partial charge in [0.2, 0.25) is 0 Å². The van der Waals surface area contributed by atoms with Crippen LogP contribution in [0.25, 0.3) is 6.08 Å². The van der Waals surface area contributed by atoms with E-state index >= 15 is 0 Å². The van der Waals surface area contributed by atoms with E-state index in [0.29, 0.717) is 5.82 Å². The predicted molar refractivity (Wildman–Crippen MR) is 130 cm³/mol. The fourth-order valence-corrected chi connectivity index (χ4v) is 2.44. The van der Waals surface area contributed by atoms with Gasteiger partial charge in [0.1, 0.15) is 12.1 Å². The average Bonchev–Trinajstić information content (AvgIpc) is 2.76. The lowest BCUT2D eigenvalue weighted by molar-refractivity contribution is 0.436. The highest BCUT2D eigenvalue weighted by Crippen LogP contribution is 2.12. The summed E-state index contributed by atoms with van der Waals surface area (Å²) in [7, 11) is 1.70. The zero-order chi connectivity index (χ0) is 22.5. The summed E-state index contributed by atoms with van der Waals surface area (Å²) in [6, 6.07) is 17.9. The Labute approximate surface area is 183 Å². The number of aliphatic hydroxyl groups excluding tert-OH is 1. The molecule has 0 aliphatic rings. The third kappa shape index (κ3) is 8.45. The van der Waals surface area contributed by atoms with E-state index in [-0.39, 0.29) is 5.76 Å². The number of rotatable bonds is 6. The first-order chi connectivity index (χ1) is 15.0. The average molecular weight is 414 g/mol. The van der Waals surface area contributed by atoms with Crippen molar-refractivity contribution in [2.75, 3.05) is 12.5 Å². The SMILES string of the molecule is C=C(O)/C=C/c1ccc(/C=N/Nc2ncnc(C)c2C=NC)cc1.Cc1ccccc1. The number of aryl methyl sites for hydroxylation is 2. The maximum atomic E-state index is 9.04. The van der Waals surface area contributed by atoms with E-state index in [9.17, 15) is 0 Å². The molecule has 0 radical (unpaired) electrons. The Balaban J connectivity index is 0.000000412. The molecule has 3 aromatic rings. The molecule has 0 spiro atoms. The minimum absolute atomic E-state index is 0.0245. The molecule has 0 unspecified atom stereocenters. The summed E-state index contributed by atoms with van der Waals surface area (Å²) < 4.78 is 0. The molecule has 0 atom stereocenters. The first-order valence-electron chi connectivity index (χ1n) is 9.70. The number of aliphatic hydroxyl groups is 1. The third-order valence-electron chi connectivity index (χ3n) is 4.07. The van der Waals surface area contributed by atoms with Crippen LogP contribution in [0.2, 0.25) is 0 Å². The largest absolute Gasteiger partial charge is 0.509 e. The van der Waals surface area contributed by atoms with Crippen LogP contribution in [0.3, 0.4) is 0 Å². The zero-order valence-electron chi connectivity index (χ0n) is 18.0. The van der Waals surface area contributed by atoms with E-state index in [1.165, 1.54) is 11.9 Å². The smallest absolute Gasteiger partial charge is 0.158 e. The minimum atomic E-state index is 0.0245. The van der Waals surface area contributed by atoms with Crippen LogP contribution in [0.5, 0.6) is 0 Å². The molecule has 158 valence electrons. The summed E-state index contributed by atoms with van der Waals surface area (Å²) in [4.78, 5) is 12.3. The lowest BCUT2D eigenvalue weighted by Gasteiger charge is -2.05. The van der Waals surface area contributed by atoms with Gasteiger partial charge in [-0.3, -0.25) is 10.4 Å². The van der Waals surface area contributed by atoms with Crippen LogP contribution >= 0.6 is 0 Å². The fraction of sp³-hybridized carbons (Fsp3) is 0.120. The highest BCUT2D eigenvalue weighted by Gasteiger charge is 2.04. The number of aliphatic imine (C=N–C) groups is 1. The molecule has 3 rings (SSSR count). The Morgan fingerprint density at radius 3 is 2.23 bits per heavy atom. The van der Waals surface area contributed by atoms with Crippen LogP contribution in [0.1, 0.15) is 27.9 Å². The van der Waals surface area contributed by atoms with Crippen LogP contribution in [0, 0.1) is 13.8 Å². The Hall–Kier alpha value is -4.06. The van der Waals surface area contributed by atoms with Crippen molar-refractivity contribution in [3.63, 3.8) is 0 Å². The number of nitrogens with one attached hydrogen (secondary N) is 1. The second-order valence-electron chi connectivity index (χ2n) is 6.62. The van der Waals surface area contributed by atoms with Gasteiger partial charge in [0, 0.05) is 13.3 Å². The van der Waals surface area contributed by atoms with Gasteiger partial charge in [-0.05, 0) is 31.1 Å². The summed E-state index contributed by atoms with van der Waals surface area (Å²) in [5.41, 5.74) is 7.76. The topological polar surface area (TPSA) is 82.8 Å². The minimum Gasteiger partial charge on any atom is -0.509 e. The van der Waals surface area contributed by atoms with Gasteiger partial charge in [0.25, 0.3) is 0 Å². The quantitative estimate of drug-likeness (QED) is 0.247. The molecule has 6 nitrogen and oxygen atoms in total. The number of aromatic nitrogens is 2. The normalized spacial score (nSPS) is 10.9. The second kappa shape index (κ2) is 12.5. The van der Waals surface area contributed by atoms with Crippen molar-refractivity contribution < 1.29 is 5.11 Å². The van der Waals surface area contributed by atoms with Crippen molar-refractivity contribution in [3.05, 3.63) is 107 Å². The standard InChI is InChI=1S/C18H19N5O.C7H8/c1-13(24)4-5-15-6-8-16(9-7-15)10-22-23-18-17(11-19-3)14(2)20-12-21-18;1-7-5-3-2-4-6-7/h4-12,24H,1H2,2-3H3,(H,20,21,23);2-6H,1H3/b5-4+,19-11?,22-10+;. The van der Waals surface area contributed by atoms with E-state index in [0.717, 1.165) is 22.4 Å². The van der Waals surface area contributed by atoms with Gasteiger partial charge in [-0.25, -0.2) is 9.97 Å². The maximum Gasteiger partial charge on any atom is 0.158 e. The monoisotopic (exact) mass is 413 g/mol. The maximum absolute atomic E-state index is 9.04. The Morgan fingerprint density at radius 1 is 0.968 bits per heavy atom. The number of allylic oxidation sites excluding steroid dienone is 1. The molecule has 0 aliphatic carbocycles. The van der Waals surface area contributed by atoms with E-state index < -0.39 is 0 Å². The summed E-state index contributed by atoms with van der Waals surface area (Å²) in [5, 5.41) is 13.2. The number of anilines is 1. The number of hydrogen-bond donors (Lipinski definition) is 2. The van der Waals surface area contributed by atoms with Crippen molar-refractivity contribution in [2.45, 2.75) is 13.8 Å². The van der Waals surface area contributed by atoms with Crippen molar-refractivity contribution >= 4 is 24.3 Å². The van der Waals surface area contributed by atoms with Gasteiger partial charge >= 0.3 is 0 Å². The van der Waals surface area contributed by atoms with E-state index in [4.69, 9.17) is 5.11 Å². The molecule has 0 fully saturated rings. The molecule has 0 aliphatic heterocycles. The number of hydrogen-bond acceptors (Lipinski definition) is 6. The van der Waals surface area contributed by atoms with Gasteiger partial charge < -0.3 is 5.11 Å². The van der Waals surface area contributed by atoms with Crippen LogP contribution < -0.4 is 5.43 Å². The molecule has 2 aromatic carbocycles. The van der Waals surface area contributed by atoms with Gasteiger partial charge in [-0.1, -0.05) is 72.8 Å². The molecule has 1 heterocycles. The summed E-state index contributed by atoms with van der Waals surface area (Å²) in [6.07, 6.45) is 8.20. The molecule has 6 heteroatoms. The highest BCUT2D eigenvalue weighted by atomic mass is 16.3. The Morgan fingerprint density at radius 2 is 1.65 bits per heavy atom. The molecule has 0 saturated heterocycles. The van der Waals surface area contributed by atoms with Crippen LogP contribution in [-0.4, -0.2) is 34.6 Å². The van der Waals surface area contributed by atoms with Crippen LogP contribution in [-0.2, 0) is 0 Å². The lowest BCUT2D eigenvalue weighted by Crippen LogP contribution is -2.02. The summed E-state index contributed by atoms with van der Waals surface area (Å²) in [6.45, 7) is 7.38. The zero-order valence-corrected chi connectivity index (χ0v) is 18.0. The molecule has 1 aromatic heterocycles. The highest BCUT2D eigenvalue weighted by molar-refractivity contribution is 5.88. The molecule has 2 N–H and O–H groups in total. The van der Waals surface area contributed by atoms with Gasteiger partial charge in [0.05, 0.1) is 17.5 Å². The van der Waals surface area contributed by atoms with Gasteiger partial charge in [-0.15, -0.1) is 0 Å². The van der Waals surface area contributed by atoms with Gasteiger partial charge in [-0.2, -0.15) is 5.10 Å². The molecule has 0 bridgehead atoms. The van der Waals surface area contributed by atoms with E-state index in [2.05, 4.69) is 51.1 Å². The third-order valence-corrected chi connectivity index (χ3v) is 4.07. The predicted octanol–water partition coefficient (Wildman–Crippen LogP) is 5.36. The van der Waals surface area contributed by atoms with Gasteiger partial charge in [0.15, 0.2) is 5.82 Å². The van der Waals surface area contributed by atoms with Crippen molar-refractivity contribution in [3.8, 4) is 0 Å². The molecule has 0 saturated carbocycles. The molecule has 0 amide bonds. The molecular formula is C25H27N5O. The summed E-state index contributed by atoms with van der Waals surface area (Å²) >= 11 is 0. The Bertz CT molecular complexity index is 1060. The Kier molecular flexibility index (Phi) is 9.36. The fourth-order valence-electron chi connectivity index (χ4n) is 2.44.